The Balaban J connectivity index is 1.35. The number of hydrogen-bond donors (Lipinski definition) is 3. The van der Waals surface area contributed by atoms with Crippen molar-refractivity contribution in [2.24, 2.45) is 0 Å². The number of pyridine rings is 1. The van der Waals surface area contributed by atoms with Crippen LogP contribution in [-0.2, 0) is 39.9 Å². The van der Waals surface area contributed by atoms with E-state index < -0.39 is 54.9 Å². The van der Waals surface area contributed by atoms with Gasteiger partial charge in [0.05, 0.1) is 18.8 Å². The van der Waals surface area contributed by atoms with E-state index in [0.717, 1.165) is 11.1 Å². The first-order valence-corrected chi connectivity index (χ1v) is 13.9. The van der Waals surface area contributed by atoms with Crippen LogP contribution in [0.15, 0.2) is 85.2 Å². The van der Waals surface area contributed by atoms with Gasteiger partial charge >= 0.3 is 0 Å². The average Bonchev–Trinajstić information content (AvgIpc) is 3.04. The van der Waals surface area contributed by atoms with Gasteiger partial charge in [0.15, 0.2) is 12.6 Å². The van der Waals surface area contributed by atoms with Crippen molar-refractivity contribution < 1.29 is 38.1 Å². The highest BCUT2D eigenvalue weighted by Crippen LogP contribution is 2.36. The number of benzene rings is 2. The van der Waals surface area contributed by atoms with Crippen molar-refractivity contribution in [2.75, 3.05) is 6.61 Å². The number of ether oxygens (including phenoxy) is 5. The van der Waals surface area contributed by atoms with Gasteiger partial charge in [0.2, 0.25) is 5.91 Å². The summed E-state index contributed by atoms with van der Waals surface area (Å²) in [6.45, 7) is 3.27. The molecule has 3 aromatic rings. The molecule has 0 saturated carbocycles. The Morgan fingerprint density at radius 3 is 2.42 bits per heavy atom. The first-order valence-electron chi connectivity index (χ1n) is 13.9. The van der Waals surface area contributed by atoms with E-state index in [1.807, 2.05) is 60.7 Å². The Bertz CT molecular complexity index is 1360. The van der Waals surface area contributed by atoms with E-state index >= 15 is 0 Å². The van der Waals surface area contributed by atoms with Gasteiger partial charge in [-0.1, -0.05) is 60.7 Å². The maximum absolute atomic E-state index is 13.0. The molecule has 226 valence electrons. The van der Waals surface area contributed by atoms with Gasteiger partial charge in [-0.2, -0.15) is 0 Å². The third-order valence-corrected chi connectivity index (χ3v) is 6.99. The molecule has 2 aliphatic rings. The Hall–Kier alpha value is -4.20. The summed E-state index contributed by atoms with van der Waals surface area (Å²) in [5.41, 5.74) is 6.72. The summed E-state index contributed by atoms with van der Waals surface area (Å²) < 4.78 is 31.1. The molecule has 0 aliphatic carbocycles. The average molecular weight is 591 g/mol. The predicted octanol–water partition coefficient (Wildman–Crippen LogP) is 2.18. The zero-order chi connectivity index (χ0) is 30.2. The first-order chi connectivity index (χ1) is 20.9. The third-order valence-electron chi connectivity index (χ3n) is 6.99. The molecule has 12 heteroatoms. The molecule has 0 radical (unpaired) electrons. The van der Waals surface area contributed by atoms with E-state index in [1.54, 1.807) is 12.1 Å². The molecule has 43 heavy (non-hydrogen) atoms. The van der Waals surface area contributed by atoms with Crippen LogP contribution in [0.4, 0.5) is 0 Å². The number of hydrogen-bond acceptors (Lipinski definition) is 9. The highest BCUT2D eigenvalue weighted by atomic mass is 16.8. The molecule has 5 rings (SSSR count). The number of aromatic nitrogens is 1. The van der Waals surface area contributed by atoms with Crippen molar-refractivity contribution in [3.05, 3.63) is 102 Å². The van der Waals surface area contributed by atoms with Crippen LogP contribution >= 0.6 is 0 Å². The molecule has 2 aromatic carbocycles. The molecule has 2 aliphatic heterocycles. The van der Waals surface area contributed by atoms with Crippen molar-refractivity contribution in [1.82, 2.24) is 21.2 Å². The van der Waals surface area contributed by atoms with Gasteiger partial charge in [0.1, 0.15) is 30.5 Å². The highest BCUT2D eigenvalue weighted by Gasteiger charge is 2.52. The van der Waals surface area contributed by atoms with Crippen LogP contribution in [0.1, 0.15) is 41.6 Å². The number of rotatable bonds is 9. The molecular formula is C31H34N4O8. The molecule has 3 heterocycles. The van der Waals surface area contributed by atoms with Crippen molar-refractivity contribution in [3.63, 3.8) is 0 Å². The smallest absolute Gasteiger partial charge is 0.271 e. The second-order valence-electron chi connectivity index (χ2n) is 10.2. The largest absolute Gasteiger partial charge is 0.360 e. The van der Waals surface area contributed by atoms with Crippen LogP contribution in [0.25, 0.3) is 0 Å². The van der Waals surface area contributed by atoms with Gasteiger partial charge < -0.3 is 29.0 Å². The summed E-state index contributed by atoms with van der Waals surface area (Å²) in [4.78, 5) is 41.7. The van der Waals surface area contributed by atoms with Gasteiger partial charge in [-0.3, -0.25) is 30.2 Å². The molecule has 2 saturated heterocycles. The molecule has 2 fully saturated rings. The number of nitrogens with one attached hydrogen (secondary N) is 3. The molecule has 3 amide bonds. The lowest BCUT2D eigenvalue weighted by molar-refractivity contribution is -0.351. The maximum atomic E-state index is 13.0. The van der Waals surface area contributed by atoms with Gasteiger partial charge in [0.25, 0.3) is 11.8 Å². The number of amides is 3. The Morgan fingerprint density at radius 2 is 1.72 bits per heavy atom. The summed E-state index contributed by atoms with van der Waals surface area (Å²) in [7, 11) is 0. The van der Waals surface area contributed by atoms with Gasteiger partial charge in [0, 0.05) is 24.9 Å². The summed E-state index contributed by atoms with van der Waals surface area (Å²) in [5.74, 6) is -1.50. The lowest BCUT2D eigenvalue weighted by Crippen LogP contribution is -2.68. The van der Waals surface area contributed by atoms with Crippen LogP contribution in [0.5, 0.6) is 0 Å². The van der Waals surface area contributed by atoms with E-state index in [1.165, 1.54) is 26.2 Å². The van der Waals surface area contributed by atoms with Crippen LogP contribution in [0.3, 0.4) is 0 Å². The molecule has 0 bridgehead atoms. The minimum atomic E-state index is -1.08. The Labute approximate surface area is 249 Å². The summed E-state index contributed by atoms with van der Waals surface area (Å²) in [5, 5.41) is 2.88. The summed E-state index contributed by atoms with van der Waals surface area (Å²) in [6, 6.07) is 21.2. The molecular weight excluding hydrogens is 556 g/mol. The summed E-state index contributed by atoms with van der Waals surface area (Å²) >= 11 is 0. The van der Waals surface area contributed by atoms with Crippen molar-refractivity contribution >= 4 is 17.7 Å². The predicted molar refractivity (Wildman–Crippen MR) is 152 cm³/mol. The van der Waals surface area contributed by atoms with Crippen LogP contribution < -0.4 is 16.2 Å². The minimum Gasteiger partial charge on any atom is -0.360 e. The van der Waals surface area contributed by atoms with Gasteiger partial charge in [-0.15, -0.1) is 0 Å². The fourth-order valence-corrected chi connectivity index (χ4v) is 4.88. The van der Waals surface area contributed by atoms with Crippen molar-refractivity contribution in [1.29, 1.82) is 0 Å². The first kappa shape index (κ1) is 30.3. The number of fused-ring (bicyclic) bond motifs is 1. The number of nitrogens with zero attached hydrogens (tertiary/aromatic N) is 1. The SMILES string of the molecule is CC(=O)N[C@H]1[C@@H](OCc2ccccc2)O[C@@H]2CO[C@H](c3ccccc3)O[C@H]2[C@@H]1O[C@@H](C)C(=O)NNC(=O)c1cccnc1. The fourth-order valence-electron chi connectivity index (χ4n) is 4.88. The lowest BCUT2D eigenvalue weighted by Gasteiger charge is -2.49. The third kappa shape index (κ3) is 7.80. The quantitative estimate of drug-likeness (QED) is 0.319. The monoisotopic (exact) mass is 590 g/mol. The second kappa shape index (κ2) is 14.3. The normalized spacial score (nSPS) is 25.5. The van der Waals surface area contributed by atoms with Crippen LogP contribution in [-0.4, -0.2) is 66.1 Å². The van der Waals surface area contributed by atoms with E-state index in [-0.39, 0.29) is 24.7 Å². The van der Waals surface area contributed by atoms with Crippen molar-refractivity contribution in [3.8, 4) is 0 Å². The topological polar surface area (TPSA) is 146 Å². The highest BCUT2D eigenvalue weighted by molar-refractivity contribution is 5.95. The molecule has 12 nitrogen and oxygen atoms in total. The molecule has 0 spiro atoms. The number of hydrazine groups is 1. The molecule has 7 atom stereocenters. The van der Waals surface area contributed by atoms with Crippen LogP contribution in [0.2, 0.25) is 0 Å². The second-order valence-corrected chi connectivity index (χ2v) is 10.2. The molecule has 3 N–H and O–H groups in total. The van der Waals surface area contributed by atoms with Crippen molar-refractivity contribution in [2.45, 2.75) is 63.5 Å². The van der Waals surface area contributed by atoms with E-state index in [9.17, 15) is 14.4 Å². The Kier molecular flexibility index (Phi) is 10.1. The van der Waals surface area contributed by atoms with Gasteiger partial charge in [-0.25, -0.2) is 0 Å². The minimum absolute atomic E-state index is 0.157. The van der Waals surface area contributed by atoms with E-state index in [0.29, 0.717) is 0 Å². The van der Waals surface area contributed by atoms with Gasteiger partial charge in [-0.05, 0) is 24.6 Å². The number of carbonyl (C=O) groups excluding carboxylic acids is 3. The zero-order valence-electron chi connectivity index (χ0n) is 23.8. The standard InChI is InChI=1S/C31H34N4O8/c1-19(28(37)34-35-29(38)23-14-9-15-32-16-23)41-27-25(33-20(2)36)31(39-17-21-10-5-3-6-11-21)42-24-18-40-30(43-26(24)27)22-12-7-4-8-13-22/h3-16,19,24-27,30-31H,17-18H2,1-2H3,(H,33,36)(H,34,37)(H,35,38)/t19-,24+,25+,26+,27+,30-,31-/m0/s1. The van der Waals surface area contributed by atoms with E-state index in [2.05, 4.69) is 21.2 Å². The Morgan fingerprint density at radius 1 is 0.977 bits per heavy atom. The maximum Gasteiger partial charge on any atom is 0.271 e. The lowest BCUT2D eigenvalue weighted by atomic mass is 9.95. The molecule has 1 aromatic heterocycles. The van der Waals surface area contributed by atoms with E-state index in [4.69, 9.17) is 23.7 Å². The zero-order valence-corrected chi connectivity index (χ0v) is 23.8. The fraction of sp³-hybridized carbons (Fsp3) is 0.355. The summed E-state index contributed by atoms with van der Waals surface area (Å²) in [6.07, 6.45) is -2.10. The molecule has 0 unspecified atom stereocenters. The van der Waals surface area contributed by atoms with Crippen LogP contribution in [0, 0.1) is 0 Å². The number of carbonyl (C=O) groups is 3.